The van der Waals surface area contributed by atoms with Gasteiger partial charge in [-0.2, -0.15) is 14.7 Å². The van der Waals surface area contributed by atoms with Gasteiger partial charge < -0.3 is 15.7 Å². The third-order valence-electron chi connectivity index (χ3n) is 7.98. The number of carbonyl (C=O) groups excluding carboxylic acids is 1. The highest BCUT2D eigenvalue weighted by Gasteiger charge is 2.46. The second kappa shape index (κ2) is 9.06. The van der Waals surface area contributed by atoms with E-state index in [0.717, 1.165) is 30.2 Å². The molecular weight excluding hydrogens is 534 g/mol. The quantitative estimate of drug-likeness (QED) is 0.323. The SMILES string of the molecule is Cc1cc(-c2cnn3c(N)c(S(C)(=O)=O)c(C4C[C@H]5CC[C@@H](C4)N5C(=O)c4ncn[nH]4)nc23)cnc1C(C)(C)O. The number of aromatic nitrogens is 7. The fourth-order valence-corrected chi connectivity index (χ4v) is 7.46. The summed E-state index contributed by atoms with van der Waals surface area (Å²) in [6.07, 6.45) is 8.38. The molecule has 6 heterocycles. The third kappa shape index (κ3) is 4.22. The number of aromatic amines is 1. The van der Waals surface area contributed by atoms with Crippen molar-refractivity contribution in [1.82, 2.24) is 39.7 Å². The van der Waals surface area contributed by atoms with Crippen molar-refractivity contribution in [3.63, 3.8) is 0 Å². The number of H-pyrrole nitrogens is 1. The number of amides is 1. The highest BCUT2D eigenvalue weighted by atomic mass is 32.2. The Kier molecular flexibility index (Phi) is 5.96. The van der Waals surface area contributed by atoms with E-state index in [1.54, 1.807) is 26.2 Å². The van der Waals surface area contributed by atoms with Crippen LogP contribution in [0.4, 0.5) is 5.82 Å². The summed E-state index contributed by atoms with van der Waals surface area (Å²) in [5.41, 5.74) is 8.92. The molecule has 0 radical (unpaired) electrons. The van der Waals surface area contributed by atoms with Crippen LogP contribution in [-0.2, 0) is 15.4 Å². The molecule has 14 heteroatoms. The highest BCUT2D eigenvalue weighted by molar-refractivity contribution is 7.91. The van der Waals surface area contributed by atoms with E-state index in [1.165, 1.54) is 10.8 Å². The van der Waals surface area contributed by atoms with Gasteiger partial charge in [-0.1, -0.05) is 0 Å². The largest absolute Gasteiger partial charge is 0.384 e. The van der Waals surface area contributed by atoms with Gasteiger partial charge in [0.25, 0.3) is 5.91 Å². The molecule has 0 aliphatic carbocycles. The standard InChI is InChI=1S/C26H31N9O4S/c1-13-7-15(10-28-21(13)26(2,3)37)18-11-31-35-22(27)20(40(4,38)39)19(32-24(18)35)14-8-16-5-6-17(9-14)34(16)25(36)23-29-12-30-33-23/h7,10-12,14,16-17,37H,5-6,8-9,27H2,1-4H3,(H,29,30,33)/t14?,16-,17+. The van der Waals surface area contributed by atoms with Gasteiger partial charge in [0.1, 0.15) is 22.6 Å². The lowest BCUT2D eigenvalue weighted by molar-refractivity contribution is 0.0556. The molecule has 2 aliphatic heterocycles. The Hall–Kier alpha value is -3.91. The average molecular weight is 566 g/mol. The lowest BCUT2D eigenvalue weighted by Gasteiger charge is -2.38. The molecule has 0 saturated carbocycles. The molecule has 2 bridgehead atoms. The Morgan fingerprint density at radius 3 is 2.45 bits per heavy atom. The molecule has 1 unspecified atom stereocenters. The number of nitrogen functional groups attached to an aromatic ring is 1. The molecule has 0 aromatic carbocycles. The number of hydrogen-bond donors (Lipinski definition) is 3. The van der Waals surface area contributed by atoms with Gasteiger partial charge in [0.2, 0.25) is 5.82 Å². The Morgan fingerprint density at radius 2 is 1.88 bits per heavy atom. The van der Waals surface area contributed by atoms with Crippen molar-refractivity contribution in [2.75, 3.05) is 12.0 Å². The van der Waals surface area contributed by atoms with Crippen LogP contribution in [0.2, 0.25) is 0 Å². The average Bonchev–Trinajstić information content (AvgIpc) is 3.60. The number of fused-ring (bicyclic) bond motifs is 3. The minimum atomic E-state index is -3.76. The summed E-state index contributed by atoms with van der Waals surface area (Å²) in [5.74, 6) is -0.239. The topological polar surface area (TPSA) is 185 Å². The Labute approximate surface area is 230 Å². The first-order chi connectivity index (χ1) is 18.8. The van der Waals surface area contributed by atoms with Crippen LogP contribution in [0, 0.1) is 6.92 Å². The zero-order chi connectivity index (χ0) is 28.6. The van der Waals surface area contributed by atoms with Crippen LogP contribution in [0.3, 0.4) is 0 Å². The molecule has 4 N–H and O–H groups in total. The van der Waals surface area contributed by atoms with E-state index in [1.807, 2.05) is 17.9 Å². The number of anilines is 1. The number of nitrogens with one attached hydrogen (secondary N) is 1. The predicted molar refractivity (Wildman–Crippen MR) is 145 cm³/mol. The van der Waals surface area contributed by atoms with Crippen LogP contribution in [0.1, 0.15) is 73.0 Å². The van der Waals surface area contributed by atoms with Crippen molar-refractivity contribution >= 4 is 27.2 Å². The van der Waals surface area contributed by atoms with Crippen LogP contribution < -0.4 is 5.73 Å². The number of nitrogens with two attached hydrogens (primary N) is 1. The maximum Gasteiger partial charge on any atom is 0.291 e. The molecule has 0 spiro atoms. The van der Waals surface area contributed by atoms with Crippen molar-refractivity contribution in [3.8, 4) is 11.1 Å². The van der Waals surface area contributed by atoms with Gasteiger partial charge in [0.15, 0.2) is 15.5 Å². The maximum absolute atomic E-state index is 13.1. The number of nitrogens with zero attached hydrogens (tertiary/aromatic N) is 7. The van der Waals surface area contributed by atoms with Crippen LogP contribution in [0.15, 0.2) is 29.7 Å². The Balaban J connectivity index is 1.44. The number of piperidine rings is 1. The number of rotatable bonds is 5. The van der Waals surface area contributed by atoms with E-state index < -0.39 is 15.4 Å². The van der Waals surface area contributed by atoms with E-state index in [0.29, 0.717) is 35.4 Å². The fourth-order valence-electron chi connectivity index (χ4n) is 6.40. The number of sulfone groups is 1. The molecule has 4 aromatic heterocycles. The van der Waals surface area contributed by atoms with Crippen LogP contribution in [-0.4, -0.2) is 77.4 Å². The minimum absolute atomic E-state index is 0.000874. The second-order valence-electron chi connectivity index (χ2n) is 11.3. The number of hydrogen-bond acceptors (Lipinski definition) is 10. The van der Waals surface area contributed by atoms with Gasteiger partial charge in [0, 0.05) is 41.6 Å². The number of aliphatic hydroxyl groups is 1. The lowest BCUT2D eigenvalue weighted by Crippen LogP contribution is -2.46. The molecule has 3 atom stereocenters. The molecule has 2 aliphatic rings. The van der Waals surface area contributed by atoms with Crippen molar-refractivity contribution in [2.45, 2.75) is 75.0 Å². The van der Waals surface area contributed by atoms with Crippen molar-refractivity contribution in [2.24, 2.45) is 0 Å². The third-order valence-corrected chi connectivity index (χ3v) is 9.13. The van der Waals surface area contributed by atoms with Crippen molar-refractivity contribution in [3.05, 3.63) is 47.6 Å². The molecule has 2 saturated heterocycles. The molecule has 40 heavy (non-hydrogen) atoms. The fraction of sp³-hybridized carbons (Fsp3) is 0.462. The monoisotopic (exact) mass is 565 g/mol. The van der Waals surface area contributed by atoms with Gasteiger partial charge in [-0.15, -0.1) is 0 Å². The van der Waals surface area contributed by atoms with E-state index in [4.69, 9.17) is 10.7 Å². The van der Waals surface area contributed by atoms with Crippen molar-refractivity contribution in [1.29, 1.82) is 0 Å². The van der Waals surface area contributed by atoms with E-state index in [2.05, 4.69) is 25.3 Å². The number of carbonyl (C=O) groups is 1. The van der Waals surface area contributed by atoms with Gasteiger partial charge >= 0.3 is 0 Å². The number of pyridine rings is 1. The van der Waals surface area contributed by atoms with Crippen molar-refractivity contribution < 1.29 is 18.3 Å². The lowest BCUT2D eigenvalue weighted by atomic mass is 9.87. The van der Waals surface area contributed by atoms with E-state index in [-0.39, 0.29) is 40.4 Å². The first kappa shape index (κ1) is 26.3. The van der Waals surface area contributed by atoms with E-state index in [9.17, 15) is 18.3 Å². The first-order valence-electron chi connectivity index (χ1n) is 13.1. The predicted octanol–water partition coefficient (Wildman–Crippen LogP) is 1.98. The first-order valence-corrected chi connectivity index (χ1v) is 15.0. The van der Waals surface area contributed by atoms with E-state index >= 15 is 0 Å². The summed E-state index contributed by atoms with van der Waals surface area (Å²) in [5, 5.41) is 21.3. The van der Waals surface area contributed by atoms with Crippen LogP contribution in [0.5, 0.6) is 0 Å². The Bertz CT molecular complexity index is 1730. The highest BCUT2D eigenvalue weighted by Crippen LogP contribution is 2.45. The molecular formula is C26H31N9O4S. The van der Waals surface area contributed by atoms with Gasteiger partial charge in [0.05, 0.1) is 17.6 Å². The van der Waals surface area contributed by atoms with Gasteiger partial charge in [-0.3, -0.25) is 14.9 Å². The summed E-state index contributed by atoms with van der Waals surface area (Å²) >= 11 is 0. The number of aryl methyl sites for hydroxylation is 1. The summed E-state index contributed by atoms with van der Waals surface area (Å²) in [6, 6.07) is 1.73. The zero-order valence-electron chi connectivity index (χ0n) is 22.7. The molecule has 4 aromatic rings. The molecule has 6 rings (SSSR count). The molecule has 1 amide bonds. The Morgan fingerprint density at radius 1 is 1.18 bits per heavy atom. The second-order valence-corrected chi connectivity index (χ2v) is 13.3. The molecule has 2 fully saturated rings. The summed E-state index contributed by atoms with van der Waals surface area (Å²) in [4.78, 5) is 28.4. The van der Waals surface area contributed by atoms with Crippen LogP contribution in [0.25, 0.3) is 16.8 Å². The normalized spacial score (nSPS) is 21.3. The van der Waals surface area contributed by atoms with Gasteiger partial charge in [-0.05, 0) is 58.1 Å². The zero-order valence-corrected chi connectivity index (χ0v) is 23.5. The maximum atomic E-state index is 13.1. The summed E-state index contributed by atoms with van der Waals surface area (Å²) < 4.78 is 27.4. The summed E-state index contributed by atoms with van der Waals surface area (Å²) in [7, 11) is -3.76. The van der Waals surface area contributed by atoms with Crippen LogP contribution >= 0.6 is 0 Å². The minimum Gasteiger partial charge on any atom is -0.384 e. The smallest absolute Gasteiger partial charge is 0.291 e. The van der Waals surface area contributed by atoms with Gasteiger partial charge in [-0.25, -0.2) is 18.4 Å². The summed E-state index contributed by atoms with van der Waals surface area (Å²) in [6.45, 7) is 5.22. The molecule has 13 nitrogen and oxygen atoms in total. The molecule has 210 valence electrons.